The molecule has 0 radical (unpaired) electrons. The highest BCUT2D eigenvalue weighted by atomic mass is 16.7. The van der Waals surface area contributed by atoms with E-state index in [-0.39, 0.29) is 17.0 Å². The number of nitrogens with zero attached hydrogens (tertiary/aromatic N) is 1. The lowest BCUT2D eigenvalue weighted by atomic mass is 10.3. The van der Waals surface area contributed by atoms with Crippen LogP contribution in [0.5, 0.6) is 5.75 Å². The van der Waals surface area contributed by atoms with E-state index >= 15 is 0 Å². The van der Waals surface area contributed by atoms with Crippen molar-refractivity contribution in [1.29, 1.82) is 0 Å². The monoisotopic (exact) mass is 299 g/mol. The second-order valence-corrected chi connectivity index (χ2v) is 4.44. The van der Waals surface area contributed by atoms with Gasteiger partial charge in [-0.3, -0.25) is 10.1 Å². The molecule has 21 heavy (non-hydrogen) atoms. The molecule has 1 aliphatic rings. The Kier molecular flexibility index (Phi) is 5.06. The number of benzene rings is 1. The Morgan fingerprint density at radius 1 is 1.19 bits per heavy atom. The summed E-state index contributed by atoms with van der Waals surface area (Å²) in [5, 5.41) is 26.4. The Labute approximate surface area is 118 Å². The molecule has 9 nitrogen and oxygen atoms in total. The van der Waals surface area contributed by atoms with E-state index in [0.29, 0.717) is 0 Å². The van der Waals surface area contributed by atoms with Gasteiger partial charge in [0.15, 0.2) is 0 Å². The van der Waals surface area contributed by atoms with Crippen LogP contribution in [0.15, 0.2) is 24.3 Å². The highest BCUT2D eigenvalue weighted by Gasteiger charge is 2.41. The number of non-ortho nitro benzene ring substituents is 1. The lowest BCUT2D eigenvalue weighted by molar-refractivity contribution is -0.384. The molecular weight excluding hydrogens is 286 g/mol. The molecule has 2 rings (SSSR count). The molecule has 1 aliphatic carbocycles. The number of carboxylic acid groups (broad SMARTS) is 2. The van der Waals surface area contributed by atoms with Crippen LogP contribution in [0.1, 0.15) is 19.8 Å². The zero-order valence-electron chi connectivity index (χ0n) is 11.0. The molecule has 1 saturated carbocycles. The topological polar surface area (TPSA) is 136 Å². The van der Waals surface area contributed by atoms with Crippen molar-refractivity contribution in [2.45, 2.75) is 25.4 Å². The molecule has 9 heteroatoms. The summed E-state index contributed by atoms with van der Waals surface area (Å²) in [6.45, 7) is 1.79. The van der Waals surface area contributed by atoms with Gasteiger partial charge in [0.05, 0.1) is 4.92 Å². The standard InChI is InChI=1S/C7H5NO5.C5H8O3/c9-7(10)13-6-3-1-5(2-4-6)8(11)12;1-5(2-3-5)8-4(6)7/h1-4H,(H,9,10);2-3H2,1H3,(H,6,7). The third-order valence-corrected chi connectivity index (χ3v) is 2.54. The average Bonchev–Trinajstić information content (AvgIpc) is 3.06. The SMILES string of the molecule is CC1(OC(=O)O)CC1.O=C(O)Oc1ccc([N+](=O)[O-])cc1. The van der Waals surface area contributed by atoms with E-state index in [4.69, 9.17) is 10.2 Å². The summed E-state index contributed by atoms with van der Waals surface area (Å²) in [4.78, 5) is 29.5. The summed E-state index contributed by atoms with van der Waals surface area (Å²) in [7, 11) is 0. The number of nitro groups is 1. The maximum Gasteiger partial charge on any atom is 0.511 e. The number of rotatable bonds is 3. The Morgan fingerprint density at radius 3 is 2.00 bits per heavy atom. The fraction of sp³-hybridized carbons (Fsp3) is 0.333. The second kappa shape index (κ2) is 6.55. The number of carbonyl (C=O) groups is 2. The lowest BCUT2D eigenvalue weighted by Gasteiger charge is -2.04. The molecule has 0 unspecified atom stereocenters. The van der Waals surface area contributed by atoms with Gasteiger partial charge >= 0.3 is 12.3 Å². The van der Waals surface area contributed by atoms with Crippen molar-refractivity contribution in [3.63, 3.8) is 0 Å². The molecule has 0 heterocycles. The third kappa shape index (κ3) is 6.23. The smallest absolute Gasteiger partial charge is 0.450 e. The van der Waals surface area contributed by atoms with E-state index in [1.54, 1.807) is 6.92 Å². The van der Waals surface area contributed by atoms with Crippen LogP contribution < -0.4 is 4.74 Å². The fourth-order valence-electron chi connectivity index (χ4n) is 1.23. The van der Waals surface area contributed by atoms with Crippen molar-refractivity contribution >= 4 is 18.0 Å². The largest absolute Gasteiger partial charge is 0.511 e. The van der Waals surface area contributed by atoms with E-state index in [1.165, 1.54) is 12.1 Å². The van der Waals surface area contributed by atoms with Gasteiger partial charge < -0.3 is 19.7 Å². The van der Waals surface area contributed by atoms with Crippen molar-refractivity contribution in [3.8, 4) is 5.75 Å². The number of ether oxygens (including phenoxy) is 2. The first kappa shape index (κ1) is 16.2. The van der Waals surface area contributed by atoms with Crippen LogP contribution in [-0.4, -0.2) is 33.0 Å². The molecule has 114 valence electrons. The molecule has 0 saturated heterocycles. The van der Waals surface area contributed by atoms with Crippen LogP contribution in [0.2, 0.25) is 0 Å². The minimum Gasteiger partial charge on any atom is -0.450 e. The van der Waals surface area contributed by atoms with Crippen LogP contribution >= 0.6 is 0 Å². The number of nitro benzene ring substituents is 1. The number of hydrogen-bond acceptors (Lipinski definition) is 6. The highest BCUT2D eigenvalue weighted by Crippen LogP contribution is 2.38. The van der Waals surface area contributed by atoms with E-state index in [1.807, 2.05) is 0 Å². The maximum absolute atomic E-state index is 10.2. The van der Waals surface area contributed by atoms with Crippen LogP contribution in [0.3, 0.4) is 0 Å². The highest BCUT2D eigenvalue weighted by molar-refractivity contribution is 5.61. The van der Waals surface area contributed by atoms with E-state index in [2.05, 4.69) is 9.47 Å². The van der Waals surface area contributed by atoms with E-state index < -0.39 is 17.2 Å². The molecule has 2 N–H and O–H groups in total. The summed E-state index contributed by atoms with van der Waals surface area (Å²) < 4.78 is 8.71. The van der Waals surface area contributed by atoms with Crippen molar-refractivity contribution in [2.24, 2.45) is 0 Å². The molecule has 0 atom stereocenters. The molecule has 0 aliphatic heterocycles. The summed E-state index contributed by atoms with van der Waals surface area (Å²) in [5.74, 6) is 0.0538. The first-order chi connectivity index (χ1) is 9.72. The van der Waals surface area contributed by atoms with Crippen LogP contribution in [-0.2, 0) is 4.74 Å². The summed E-state index contributed by atoms with van der Waals surface area (Å²) in [6.07, 6.45) is -0.864. The third-order valence-electron chi connectivity index (χ3n) is 2.54. The maximum atomic E-state index is 10.2. The summed E-state index contributed by atoms with van der Waals surface area (Å²) >= 11 is 0. The molecule has 0 bridgehead atoms. The van der Waals surface area contributed by atoms with Gasteiger partial charge in [0, 0.05) is 12.1 Å². The Hall–Kier alpha value is -2.84. The van der Waals surface area contributed by atoms with Gasteiger partial charge in [-0.1, -0.05) is 0 Å². The normalized spacial score (nSPS) is 14.1. The minimum atomic E-state index is -1.45. The molecule has 1 fully saturated rings. The predicted octanol–water partition coefficient (Wildman–Crippen LogP) is 2.89. The van der Waals surface area contributed by atoms with Gasteiger partial charge in [0.1, 0.15) is 11.4 Å². The summed E-state index contributed by atoms with van der Waals surface area (Å²) in [5.41, 5.74) is -0.441. The second-order valence-electron chi connectivity index (χ2n) is 4.44. The predicted molar refractivity (Wildman–Crippen MR) is 68.5 cm³/mol. The molecule has 0 spiro atoms. The Bertz CT molecular complexity index is 535. The Balaban J connectivity index is 0.000000235. The van der Waals surface area contributed by atoms with E-state index in [0.717, 1.165) is 25.0 Å². The van der Waals surface area contributed by atoms with Crippen molar-refractivity contribution in [2.75, 3.05) is 0 Å². The van der Waals surface area contributed by atoms with Gasteiger partial charge in [-0.2, -0.15) is 0 Å². The van der Waals surface area contributed by atoms with Gasteiger partial charge in [0.25, 0.3) is 5.69 Å². The van der Waals surface area contributed by atoms with Crippen molar-refractivity contribution in [1.82, 2.24) is 0 Å². The Morgan fingerprint density at radius 2 is 1.71 bits per heavy atom. The fourth-order valence-corrected chi connectivity index (χ4v) is 1.23. The van der Waals surface area contributed by atoms with Crippen LogP contribution in [0, 0.1) is 10.1 Å². The molecular formula is C12H13NO8. The van der Waals surface area contributed by atoms with Gasteiger partial charge in [-0.05, 0) is 31.9 Å². The minimum absolute atomic E-state index is 0.0538. The molecule has 1 aromatic carbocycles. The number of hydrogen-bond donors (Lipinski definition) is 2. The van der Waals surface area contributed by atoms with Crippen molar-refractivity contribution in [3.05, 3.63) is 34.4 Å². The molecule has 1 aromatic rings. The van der Waals surface area contributed by atoms with Gasteiger partial charge in [-0.15, -0.1) is 0 Å². The zero-order valence-corrected chi connectivity index (χ0v) is 11.0. The van der Waals surface area contributed by atoms with Crippen LogP contribution in [0.25, 0.3) is 0 Å². The first-order valence-electron chi connectivity index (χ1n) is 5.79. The van der Waals surface area contributed by atoms with Gasteiger partial charge in [-0.25, -0.2) is 9.59 Å². The molecule has 0 amide bonds. The first-order valence-corrected chi connectivity index (χ1v) is 5.79. The molecule has 0 aromatic heterocycles. The van der Waals surface area contributed by atoms with E-state index in [9.17, 15) is 19.7 Å². The van der Waals surface area contributed by atoms with Crippen LogP contribution in [0.4, 0.5) is 15.3 Å². The quantitative estimate of drug-likeness (QED) is 0.376. The average molecular weight is 299 g/mol. The lowest BCUT2D eigenvalue weighted by Crippen LogP contribution is -2.12. The zero-order chi connectivity index (χ0) is 16.0. The summed E-state index contributed by atoms with van der Waals surface area (Å²) in [6, 6.07) is 4.76. The van der Waals surface area contributed by atoms with Crippen molar-refractivity contribution < 1.29 is 34.2 Å². The van der Waals surface area contributed by atoms with Gasteiger partial charge in [0.2, 0.25) is 0 Å².